The summed E-state index contributed by atoms with van der Waals surface area (Å²) in [5.74, 6) is 0. The lowest BCUT2D eigenvalue weighted by atomic mass is 10.2. The highest BCUT2D eigenvalue weighted by molar-refractivity contribution is 6.28. The number of aryl methyl sites for hydroxylation is 1. The molecule has 1 N–H and O–H groups in total. The van der Waals surface area contributed by atoms with Crippen LogP contribution in [0, 0.1) is 6.92 Å². The molecule has 0 atom stereocenters. The molecule has 1 aliphatic carbocycles. The van der Waals surface area contributed by atoms with Crippen molar-refractivity contribution in [2.75, 3.05) is 0 Å². The summed E-state index contributed by atoms with van der Waals surface area (Å²) < 4.78 is 0. The third kappa shape index (κ3) is 1.30. The van der Waals surface area contributed by atoms with Gasteiger partial charge in [0.05, 0.1) is 5.69 Å². The van der Waals surface area contributed by atoms with Gasteiger partial charge in [0.1, 0.15) is 5.60 Å². The smallest absolute Gasteiger partial charge is 0.222 e. The lowest BCUT2D eigenvalue weighted by Crippen LogP contribution is -2.08. The van der Waals surface area contributed by atoms with Crippen molar-refractivity contribution in [1.82, 2.24) is 9.97 Å². The summed E-state index contributed by atoms with van der Waals surface area (Å²) in [6.07, 6.45) is 1.56. The van der Waals surface area contributed by atoms with Crippen molar-refractivity contribution >= 4 is 11.6 Å². The summed E-state index contributed by atoms with van der Waals surface area (Å²) >= 11 is 5.65. The van der Waals surface area contributed by atoms with Crippen LogP contribution in [0.25, 0.3) is 0 Å². The molecule has 3 nitrogen and oxygen atoms in total. The van der Waals surface area contributed by atoms with Crippen molar-refractivity contribution in [3.8, 4) is 0 Å². The minimum atomic E-state index is -0.711. The second kappa shape index (κ2) is 2.41. The first-order valence-electron chi connectivity index (χ1n) is 3.84. The topological polar surface area (TPSA) is 46.0 Å². The molecule has 4 heteroatoms. The van der Waals surface area contributed by atoms with Gasteiger partial charge in [0.2, 0.25) is 5.28 Å². The van der Waals surface area contributed by atoms with E-state index in [9.17, 15) is 5.11 Å². The van der Waals surface area contributed by atoms with Gasteiger partial charge in [-0.05, 0) is 37.4 Å². The van der Waals surface area contributed by atoms with E-state index in [1.165, 1.54) is 0 Å². The molecule has 64 valence electrons. The fourth-order valence-corrected chi connectivity index (χ4v) is 1.37. The first-order valence-corrected chi connectivity index (χ1v) is 4.22. The van der Waals surface area contributed by atoms with Gasteiger partial charge in [-0.1, -0.05) is 0 Å². The maximum Gasteiger partial charge on any atom is 0.222 e. The highest BCUT2D eigenvalue weighted by Crippen LogP contribution is 2.44. The van der Waals surface area contributed by atoms with Crippen molar-refractivity contribution in [3.05, 3.63) is 22.7 Å². The monoisotopic (exact) mass is 184 g/mol. The molecule has 2 rings (SSSR count). The van der Waals surface area contributed by atoms with Crippen LogP contribution in [0.5, 0.6) is 0 Å². The Bertz CT molecular complexity index is 303. The number of aromatic nitrogens is 2. The number of hydrogen-bond acceptors (Lipinski definition) is 3. The summed E-state index contributed by atoms with van der Waals surface area (Å²) in [5.41, 5.74) is 0.738. The number of halogens is 1. The summed E-state index contributed by atoms with van der Waals surface area (Å²) in [4.78, 5) is 7.89. The average Bonchev–Trinajstić information content (AvgIpc) is 2.67. The van der Waals surface area contributed by atoms with E-state index in [0.29, 0.717) is 5.69 Å². The maximum atomic E-state index is 9.70. The van der Waals surface area contributed by atoms with Gasteiger partial charge in [-0.3, -0.25) is 0 Å². The summed E-state index contributed by atoms with van der Waals surface area (Å²) in [6, 6.07) is 1.78. The molecule has 0 spiro atoms. The van der Waals surface area contributed by atoms with E-state index < -0.39 is 5.60 Å². The van der Waals surface area contributed by atoms with Crippen molar-refractivity contribution in [2.24, 2.45) is 0 Å². The second-order valence-corrected chi connectivity index (χ2v) is 3.53. The average molecular weight is 185 g/mol. The molecule has 0 unspecified atom stereocenters. The van der Waals surface area contributed by atoms with E-state index >= 15 is 0 Å². The van der Waals surface area contributed by atoms with Gasteiger partial charge in [-0.25, -0.2) is 9.97 Å². The molecule has 1 heterocycles. The van der Waals surface area contributed by atoms with Crippen LogP contribution in [0.1, 0.15) is 24.2 Å². The Hall–Kier alpha value is -0.670. The Balaban J connectivity index is 2.44. The normalized spacial score (nSPS) is 19.2. The molecule has 1 aromatic rings. The Kier molecular flexibility index (Phi) is 1.59. The quantitative estimate of drug-likeness (QED) is 0.672. The zero-order chi connectivity index (χ0) is 8.77. The molecule has 1 aliphatic rings. The van der Waals surface area contributed by atoms with E-state index in [1.807, 2.05) is 6.92 Å². The zero-order valence-corrected chi connectivity index (χ0v) is 7.47. The van der Waals surface area contributed by atoms with E-state index in [2.05, 4.69) is 9.97 Å². The Morgan fingerprint density at radius 2 is 2.17 bits per heavy atom. The lowest BCUT2D eigenvalue weighted by molar-refractivity contribution is 0.146. The van der Waals surface area contributed by atoms with Gasteiger partial charge in [-0.15, -0.1) is 0 Å². The van der Waals surface area contributed by atoms with Gasteiger partial charge < -0.3 is 5.11 Å². The van der Waals surface area contributed by atoms with Crippen LogP contribution in [0.3, 0.4) is 0 Å². The molecular formula is C8H9ClN2O. The van der Waals surface area contributed by atoms with Gasteiger partial charge in [-0.2, -0.15) is 0 Å². The van der Waals surface area contributed by atoms with Gasteiger partial charge in [0, 0.05) is 5.69 Å². The highest BCUT2D eigenvalue weighted by Gasteiger charge is 2.43. The number of aliphatic hydroxyl groups is 1. The number of rotatable bonds is 1. The Labute approximate surface area is 75.4 Å². The fraction of sp³-hybridized carbons (Fsp3) is 0.500. The van der Waals surface area contributed by atoms with Crippen LogP contribution in [0.4, 0.5) is 0 Å². The molecule has 0 saturated heterocycles. The molecule has 12 heavy (non-hydrogen) atoms. The molecular weight excluding hydrogens is 176 g/mol. The van der Waals surface area contributed by atoms with Gasteiger partial charge >= 0.3 is 0 Å². The fourth-order valence-electron chi connectivity index (χ4n) is 1.15. The third-order valence-electron chi connectivity index (χ3n) is 2.03. The van der Waals surface area contributed by atoms with Crippen LogP contribution in [0.15, 0.2) is 6.07 Å². The summed E-state index contributed by atoms with van der Waals surface area (Å²) in [7, 11) is 0. The molecule has 1 fully saturated rings. The SMILES string of the molecule is Cc1cc(C2(O)CC2)nc(Cl)n1. The van der Waals surface area contributed by atoms with Crippen molar-refractivity contribution in [1.29, 1.82) is 0 Å². The van der Waals surface area contributed by atoms with Crippen molar-refractivity contribution < 1.29 is 5.11 Å². The van der Waals surface area contributed by atoms with Gasteiger partial charge in [0.15, 0.2) is 0 Å². The summed E-state index contributed by atoms with van der Waals surface area (Å²) in [6.45, 7) is 1.84. The van der Waals surface area contributed by atoms with Crippen molar-refractivity contribution in [3.63, 3.8) is 0 Å². The van der Waals surface area contributed by atoms with E-state index in [1.54, 1.807) is 6.07 Å². The van der Waals surface area contributed by atoms with Crippen LogP contribution in [0.2, 0.25) is 5.28 Å². The Morgan fingerprint density at radius 3 is 2.67 bits per heavy atom. The first-order chi connectivity index (χ1) is 5.60. The standard InChI is InChI=1S/C8H9ClN2O/c1-5-4-6(8(12)2-3-8)11-7(9)10-5/h4,12H,2-3H2,1H3. The number of nitrogens with zero attached hydrogens (tertiary/aromatic N) is 2. The predicted molar refractivity (Wildman–Crippen MR) is 44.9 cm³/mol. The van der Waals surface area contributed by atoms with E-state index in [0.717, 1.165) is 18.5 Å². The zero-order valence-electron chi connectivity index (χ0n) is 6.71. The van der Waals surface area contributed by atoms with Gasteiger partial charge in [0.25, 0.3) is 0 Å². The highest BCUT2D eigenvalue weighted by atomic mass is 35.5. The van der Waals surface area contributed by atoms with Crippen LogP contribution >= 0.6 is 11.6 Å². The van der Waals surface area contributed by atoms with Crippen LogP contribution in [-0.4, -0.2) is 15.1 Å². The Morgan fingerprint density at radius 1 is 1.50 bits per heavy atom. The summed E-state index contributed by atoms with van der Waals surface area (Å²) in [5, 5.41) is 9.91. The molecule has 0 radical (unpaired) electrons. The van der Waals surface area contributed by atoms with E-state index in [-0.39, 0.29) is 5.28 Å². The predicted octanol–water partition coefficient (Wildman–Crippen LogP) is 1.42. The lowest BCUT2D eigenvalue weighted by Gasteiger charge is -2.06. The first kappa shape index (κ1) is 7.95. The molecule has 0 aromatic carbocycles. The maximum absolute atomic E-state index is 9.70. The van der Waals surface area contributed by atoms with Crippen molar-refractivity contribution in [2.45, 2.75) is 25.4 Å². The molecule has 0 aliphatic heterocycles. The van der Waals surface area contributed by atoms with Crippen LogP contribution in [-0.2, 0) is 5.60 Å². The molecule has 0 bridgehead atoms. The minimum absolute atomic E-state index is 0.213. The molecule has 1 saturated carbocycles. The van der Waals surface area contributed by atoms with Crippen LogP contribution < -0.4 is 0 Å². The third-order valence-corrected chi connectivity index (χ3v) is 2.20. The number of hydrogen-bond donors (Lipinski definition) is 1. The largest absolute Gasteiger partial charge is 0.384 e. The second-order valence-electron chi connectivity index (χ2n) is 3.20. The molecule has 1 aromatic heterocycles. The molecule has 0 amide bonds. The minimum Gasteiger partial charge on any atom is -0.384 e. The van der Waals surface area contributed by atoms with E-state index in [4.69, 9.17) is 11.6 Å².